The Morgan fingerprint density at radius 3 is 2.05 bits per heavy atom. The van der Waals surface area contributed by atoms with Crippen LogP contribution in [0.4, 0.5) is 4.79 Å². The van der Waals surface area contributed by atoms with Gasteiger partial charge in [0, 0.05) is 12.6 Å². The zero-order chi connectivity index (χ0) is 16.7. The molecule has 0 aliphatic rings. The Bertz CT molecular complexity index is 521. The van der Waals surface area contributed by atoms with Crippen molar-refractivity contribution < 1.29 is 9.53 Å². The summed E-state index contributed by atoms with van der Waals surface area (Å²) in [6, 6.07) is 7.59. The number of halogens is 1. The first-order valence-corrected chi connectivity index (χ1v) is 7.59. The van der Waals surface area contributed by atoms with Crippen molar-refractivity contribution in [2.45, 2.75) is 39.3 Å². The number of nitrogens with zero attached hydrogens (tertiary/aromatic N) is 1. The monoisotopic (exact) mass is 321 g/mol. The topological polar surface area (TPSA) is 29.5 Å². The molecular weight excluding hydrogens is 298 g/mol. The van der Waals surface area contributed by atoms with Gasteiger partial charge in [0.05, 0.1) is 7.11 Å². The van der Waals surface area contributed by atoms with E-state index in [2.05, 4.69) is 13.2 Å². The molecule has 1 aromatic rings. The molecule has 0 unspecified atom stereocenters. The highest BCUT2D eigenvalue weighted by Crippen LogP contribution is 2.22. The maximum atomic E-state index is 11.9. The average Bonchev–Trinajstić information content (AvgIpc) is 2.43. The molecule has 0 aliphatic carbocycles. The van der Waals surface area contributed by atoms with E-state index in [9.17, 15) is 4.79 Å². The molecule has 0 radical (unpaired) electrons. The lowest BCUT2D eigenvalue weighted by atomic mass is 10.00. The fraction of sp³-hybridized carbons (Fsp3) is 0.389. The standard InChI is InChI=1S/C18H24ClNO2/c1-13(2)10-16(11-14(3)4)20(18(19)21)12-15-6-8-17(22-5)9-7-15/h6-9,16H,1,3,10-12H2,2,4-5H3. The minimum Gasteiger partial charge on any atom is -0.497 e. The smallest absolute Gasteiger partial charge is 0.316 e. The molecule has 0 aromatic heterocycles. The summed E-state index contributed by atoms with van der Waals surface area (Å²) in [4.78, 5) is 13.6. The molecule has 0 fully saturated rings. The number of rotatable bonds is 8. The molecule has 4 heteroatoms. The van der Waals surface area contributed by atoms with E-state index in [1.54, 1.807) is 12.0 Å². The maximum Gasteiger partial charge on any atom is 0.316 e. The van der Waals surface area contributed by atoms with E-state index < -0.39 is 5.37 Å². The molecule has 0 aliphatic heterocycles. The number of carbonyl (C=O) groups is 1. The fourth-order valence-corrected chi connectivity index (χ4v) is 2.56. The molecule has 3 nitrogen and oxygen atoms in total. The number of hydrogen-bond donors (Lipinski definition) is 0. The van der Waals surface area contributed by atoms with Gasteiger partial charge in [0.15, 0.2) is 0 Å². The minimum absolute atomic E-state index is 0.0258. The SMILES string of the molecule is C=C(C)CC(CC(=C)C)N(Cc1ccc(OC)cc1)C(=O)Cl. The molecular formula is C18H24ClNO2. The quantitative estimate of drug-likeness (QED) is 0.376. The summed E-state index contributed by atoms with van der Waals surface area (Å²) in [5.74, 6) is 0.785. The van der Waals surface area contributed by atoms with Crippen molar-refractivity contribution >= 4 is 17.0 Å². The van der Waals surface area contributed by atoms with Gasteiger partial charge in [-0.2, -0.15) is 0 Å². The van der Waals surface area contributed by atoms with E-state index in [-0.39, 0.29) is 6.04 Å². The summed E-state index contributed by atoms with van der Waals surface area (Å²) in [6.07, 6.45) is 1.42. The van der Waals surface area contributed by atoms with Gasteiger partial charge in [-0.25, -0.2) is 0 Å². The molecule has 0 atom stereocenters. The van der Waals surface area contributed by atoms with Crippen molar-refractivity contribution in [3.63, 3.8) is 0 Å². The maximum absolute atomic E-state index is 11.9. The Kier molecular flexibility index (Phi) is 7.19. The minimum atomic E-state index is -0.455. The van der Waals surface area contributed by atoms with Gasteiger partial charge in [-0.3, -0.25) is 4.79 Å². The highest BCUT2D eigenvalue weighted by atomic mass is 35.5. The molecule has 1 aromatic carbocycles. The van der Waals surface area contributed by atoms with E-state index >= 15 is 0 Å². The Hall–Kier alpha value is -1.74. The van der Waals surface area contributed by atoms with Gasteiger partial charge in [0.2, 0.25) is 0 Å². The lowest BCUT2D eigenvalue weighted by Crippen LogP contribution is -2.37. The van der Waals surface area contributed by atoms with Gasteiger partial charge in [-0.15, -0.1) is 13.2 Å². The zero-order valence-corrected chi connectivity index (χ0v) is 14.3. The summed E-state index contributed by atoms with van der Waals surface area (Å²) < 4.78 is 5.14. The van der Waals surface area contributed by atoms with E-state index in [1.165, 1.54) is 0 Å². The molecule has 1 amide bonds. The third-order valence-corrected chi connectivity index (χ3v) is 3.56. The Morgan fingerprint density at radius 1 is 1.18 bits per heavy atom. The molecule has 22 heavy (non-hydrogen) atoms. The number of hydrogen-bond acceptors (Lipinski definition) is 2. The predicted octanol–water partition coefficient (Wildman–Crippen LogP) is 5.16. The molecule has 1 rings (SSSR count). The average molecular weight is 322 g/mol. The van der Waals surface area contributed by atoms with Crippen LogP contribution >= 0.6 is 11.6 Å². The second-order valence-electron chi connectivity index (χ2n) is 5.71. The molecule has 0 saturated heterocycles. The van der Waals surface area contributed by atoms with Crippen LogP contribution in [0.15, 0.2) is 48.6 Å². The van der Waals surface area contributed by atoms with Crippen molar-refractivity contribution in [2.75, 3.05) is 7.11 Å². The van der Waals surface area contributed by atoms with E-state index in [1.807, 2.05) is 38.1 Å². The van der Waals surface area contributed by atoms with Crippen LogP contribution in [0.5, 0.6) is 5.75 Å². The number of methoxy groups -OCH3 is 1. The lowest BCUT2D eigenvalue weighted by Gasteiger charge is -2.30. The van der Waals surface area contributed by atoms with Crippen molar-refractivity contribution in [2.24, 2.45) is 0 Å². The van der Waals surface area contributed by atoms with Crippen molar-refractivity contribution in [3.05, 3.63) is 54.1 Å². The van der Waals surface area contributed by atoms with Crippen molar-refractivity contribution in [3.8, 4) is 5.75 Å². The highest BCUT2D eigenvalue weighted by Gasteiger charge is 2.22. The summed E-state index contributed by atoms with van der Waals surface area (Å²) >= 11 is 5.82. The van der Waals surface area contributed by atoms with Crippen molar-refractivity contribution in [1.82, 2.24) is 4.90 Å². The first-order valence-electron chi connectivity index (χ1n) is 7.21. The molecule has 0 heterocycles. The Labute approximate surface area is 138 Å². The first kappa shape index (κ1) is 18.3. The molecule has 120 valence electrons. The van der Waals surface area contributed by atoms with Gasteiger partial charge in [0.25, 0.3) is 0 Å². The van der Waals surface area contributed by atoms with Crippen LogP contribution in [0, 0.1) is 0 Å². The van der Waals surface area contributed by atoms with Crippen LogP contribution in [-0.4, -0.2) is 23.4 Å². The number of benzene rings is 1. The number of ether oxygens (including phenoxy) is 1. The zero-order valence-electron chi connectivity index (χ0n) is 13.6. The predicted molar refractivity (Wildman–Crippen MR) is 92.4 cm³/mol. The van der Waals surface area contributed by atoms with Gasteiger partial charge in [-0.1, -0.05) is 23.3 Å². The van der Waals surface area contributed by atoms with Crippen LogP contribution in [0.1, 0.15) is 32.3 Å². The van der Waals surface area contributed by atoms with Crippen LogP contribution in [-0.2, 0) is 6.54 Å². The Morgan fingerprint density at radius 2 is 1.68 bits per heavy atom. The summed E-state index contributed by atoms with van der Waals surface area (Å²) in [7, 11) is 1.62. The van der Waals surface area contributed by atoms with Crippen LogP contribution in [0.25, 0.3) is 0 Å². The third kappa shape index (κ3) is 5.94. The van der Waals surface area contributed by atoms with Crippen LogP contribution in [0.3, 0.4) is 0 Å². The Balaban J connectivity index is 2.94. The van der Waals surface area contributed by atoms with E-state index in [4.69, 9.17) is 16.3 Å². The van der Waals surface area contributed by atoms with Gasteiger partial charge in [-0.05, 0) is 56.0 Å². The van der Waals surface area contributed by atoms with Crippen molar-refractivity contribution in [1.29, 1.82) is 0 Å². The third-order valence-electron chi connectivity index (χ3n) is 3.35. The largest absolute Gasteiger partial charge is 0.497 e. The summed E-state index contributed by atoms with van der Waals surface area (Å²) in [5.41, 5.74) is 3.04. The fourth-order valence-electron chi connectivity index (χ4n) is 2.36. The molecule has 0 spiro atoms. The van der Waals surface area contributed by atoms with Gasteiger partial charge >= 0.3 is 5.37 Å². The van der Waals surface area contributed by atoms with Gasteiger partial charge < -0.3 is 9.64 Å². The molecule has 0 saturated carbocycles. The normalized spacial score (nSPS) is 10.4. The van der Waals surface area contributed by atoms with E-state index in [0.29, 0.717) is 19.4 Å². The highest BCUT2D eigenvalue weighted by molar-refractivity contribution is 6.62. The molecule has 0 bridgehead atoms. The summed E-state index contributed by atoms with van der Waals surface area (Å²) in [6.45, 7) is 12.3. The van der Waals surface area contributed by atoms with Gasteiger partial charge in [0.1, 0.15) is 5.75 Å². The second-order valence-corrected chi connectivity index (χ2v) is 6.03. The number of carbonyl (C=O) groups excluding carboxylic acids is 1. The lowest BCUT2D eigenvalue weighted by molar-refractivity contribution is 0.192. The van der Waals surface area contributed by atoms with Crippen LogP contribution in [0.2, 0.25) is 0 Å². The second kappa shape index (κ2) is 8.64. The summed E-state index contributed by atoms with van der Waals surface area (Å²) in [5, 5.41) is -0.455. The van der Waals surface area contributed by atoms with E-state index in [0.717, 1.165) is 22.5 Å². The number of amides is 1. The molecule has 0 N–H and O–H groups in total. The van der Waals surface area contributed by atoms with Crippen LogP contribution < -0.4 is 4.74 Å². The first-order chi connectivity index (χ1) is 10.3.